The molecule has 1 N–H and O–H groups in total. The summed E-state index contributed by atoms with van der Waals surface area (Å²) in [6.45, 7) is 3.96. The molecule has 3 rings (SSSR count). The fourth-order valence-electron chi connectivity index (χ4n) is 4.14. The van der Waals surface area contributed by atoms with Crippen molar-refractivity contribution < 1.29 is 4.79 Å². The molecule has 2 aromatic rings. The fraction of sp³-hybridized carbons (Fsp3) is 0.600. The quantitative estimate of drug-likeness (QED) is 0.800. The van der Waals surface area contributed by atoms with Crippen LogP contribution < -0.4 is 22.1 Å². The van der Waals surface area contributed by atoms with Crippen LogP contribution in [-0.4, -0.2) is 25.7 Å². The van der Waals surface area contributed by atoms with Gasteiger partial charge in [-0.05, 0) is 26.7 Å². The Hall–Kier alpha value is -2.64. The van der Waals surface area contributed by atoms with E-state index in [-0.39, 0.29) is 29.2 Å². The number of hydrogen-bond acceptors (Lipinski definition) is 4. The first-order chi connectivity index (χ1) is 13.4. The molecule has 0 unspecified atom stereocenters. The van der Waals surface area contributed by atoms with Crippen LogP contribution in [-0.2, 0) is 20.1 Å². The van der Waals surface area contributed by atoms with Crippen LogP contribution >= 0.6 is 0 Å². The van der Waals surface area contributed by atoms with Crippen molar-refractivity contribution in [2.24, 2.45) is 7.05 Å². The number of carbonyl (C=O) groups excluding carboxylic acids is 1. The molecule has 8 nitrogen and oxygen atoms in total. The molecular weight excluding hydrogens is 360 g/mol. The average Bonchev–Trinajstić information content (AvgIpc) is 2.94. The van der Waals surface area contributed by atoms with Crippen LogP contribution in [0.3, 0.4) is 0 Å². The van der Waals surface area contributed by atoms with Gasteiger partial charge in [0.25, 0.3) is 17.0 Å². The number of nitrogens with one attached hydrogen (secondary N) is 1. The summed E-state index contributed by atoms with van der Waals surface area (Å²) < 4.78 is 3.74. The maximum atomic E-state index is 13.0. The third-order valence-electron chi connectivity index (χ3n) is 5.64. The number of rotatable bonds is 4. The van der Waals surface area contributed by atoms with E-state index in [0.717, 1.165) is 43.1 Å². The highest BCUT2D eigenvalue weighted by molar-refractivity contribution is 6.05. The van der Waals surface area contributed by atoms with Crippen molar-refractivity contribution in [3.05, 3.63) is 42.8 Å². The molecule has 8 heteroatoms. The first kappa shape index (κ1) is 20.1. The number of nitrogens with zero attached hydrogens (tertiary/aromatic N) is 3. The second kappa shape index (κ2) is 8.16. The molecule has 0 aromatic carbocycles. The third-order valence-corrected chi connectivity index (χ3v) is 5.64. The zero-order chi connectivity index (χ0) is 20.4. The third kappa shape index (κ3) is 3.43. The van der Waals surface area contributed by atoms with Gasteiger partial charge >= 0.3 is 5.69 Å². The minimum atomic E-state index is -0.534. The Balaban J connectivity index is 2.24. The largest absolute Gasteiger partial charge is 0.349 e. The van der Waals surface area contributed by atoms with Crippen molar-refractivity contribution >= 4 is 16.9 Å². The Labute approximate surface area is 162 Å². The monoisotopic (exact) mass is 388 g/mol. The number of aromatic nitrogens is 3. The molecule has 1 saturated carbocycles. The van der Waals surface area contributed by atoms with Gasteiger partial charge in [-0.15, -0.1) is 0 Å². The average molecular weight is 388 g/mol. The van der Waals surface area contributed by atoms with Crippen LogP contribution in [0.2, 0.25) is 0 Å². The topological polar surface area (TPSA) is 95.1 Å². The smallest absolute Gasteiger partial charge is 0.332 e. The zero-order valence-corrected chi connectivity index (χ0v) is 16.8. The first-order valence-electron chi connectivity index (χ1n) is 10.1. The van der Waals surface area contributed by atoms with Crippen molar-refractivity contribution in [1.29, 1.82) is 0 Å². The van der Waals surface area contributed by atoms with Gasteiger partial charge in [0, 0.05) is 32.2 Å². The highest BCUT2D eigenvalue weighted by Gasteiger charge is 2.23. The van der Waals surface area contributed by atoms with Gasteiger partial charge in [0.2, 0.25) is 0 Å². The molecule has 2 aromatic heterocycles. The lowest BCUT2D eigenvalue weighted by atomic mass is 10.1. The highest BCUT2D eigenvalue weighted by Crippen LogP contribution is 2.18. The number of pyridine rings is 1. The number of amides is 1. The normalized spacial score (nSPS) is 15.5. The van der Waals surface area contributed by atoms with Gasteiger partial charge in [-0.2, -0.15) is 0 Å². The van der Waals surface area contributed by atoms with Crippen LogP contribution in [0, 0.1) is 0 Å². The summed E-state index contributed by atoms with van der Waals surface area (Å²) in [6, 6.07) is 1.27. The molecular formula is C20H28N4O4. The molecule has 1 amide bonds. The predicted molar refractivity (Wildman–Crippen MR) is 108 cm³/mol. The van der Waals surface area contributed by atoms with Gasteiger partial charge in [-0.1, -0.05) is 25.7 Å². The van der Waals surface area contributed by atoms with Crippen LogP contribution in [0.15, 0.2) is 20.4 Å². The van der Waals surface area contributed by atoms with Gasteiger partial charge in [0.15, 0.2) is 0 Å². The Bertz CT molecular complexity index is 1070. The molecule has 0 radical (unpaired) electrons. The molecule has 0 aliphatic heterocycles. The predicted octanol–water partition coefficient (Wildman–Crippen LogP) is 1.35. The van der Waals surface area contributed by atoms with E-state index < -0.39 is 22.7 Å². The summed E-state index contributed by atoms with van der Waals surface area (Å²) in [6.07, 6.45) is 6.22. The standard InChI is InChI=1S/C20H28N4O4/c1-4-23-15(25)12-14(17(26)21-13-10-8-6-7-9-11-13)16-18(23)22(3)20(28)24(5-2)19(16)27/h12-13H,4-11H2,1-3H3,(H,21,26). The summed E-state index contributed by atoms with van der Waals surface area (Å²) in [5, 5.41) is 3.13. The van der Waals surface area contributed by atoms with Crippen LogP contribution in [0.1, 0.15) is 62.7 Å². The summed E-state index contributed by atoms with van der Waals surface area (Å²) >= 11 is 0. The SMILES string of the molecule is CCn1c(=O)c2c(C(=O)NC3CCCCCC3)cc(=O)n(CC)c2n(C)c1=O. The molecule has 152 valence electrons. The van der Waals surface area contributed by atoms with Crippen molar-refractivity contribution in [2.75, 3.05) is 0 Å². The lowest BCUT2D eigenvalue weighted by Crippen LogP contribution is -2.43. The summed E-state index contributed by atoms with van der Waals surface area (Å²) in [7, 11) is 1.52. The number of carbonyl (C=O) groups is 1. The second-order valence-electron chi connectivity index (χ2n) is 7.39. The Morgan fingerprint density at radius 3 is 2.21 bits per heavy atom. The lowest BCUT2D eigenvalue weighted by molar-refractivity contribution is 0.0934. The number of aryl methyl sites for hydroxylation is 2. The number of hydrogen-bond donors (Lipinski definition) is 1. The van der Waals surface area contributed by atoms with E-state index >= 15 is 0 Å². The fourth-order valence-corrected chi connectivity index (χ4v) is 4.14. The van der Waals surface area contributed by atoms with Crippen molar-refractivity contribution in [1.82, 2.24) is 19.0 Å². The van der Waals surface area contributed by atoms with E-state index in [1.807, 2.05) is 0 Å². The molecule has 0 saturated heterocycles. The maximum absolute atomic E-state index is 13.0. The minimum Gasteiger partial charge on any atom is -0.349 e. The lowest BCUT2D eigenvalue weighted by Gasteiger charge is -2.19. The molecule has 1 fully saturated rings. The Morgan fingerprint density at radius 1 is 1.04 bits per heavy atom. The Kier molecular flexibility index (Phi) is 5.86. The second-order valence-corrected chi connectivity index (χ2v) is 7.39. The molecule has 0 bridgehead atoms. The highest BCUT2D eigenvalue weighted by atomic mass is 16.2. The van der Waals surface area contributed by atoms with E-state index in [1.54, 1.807) is 13.8 Å². The van der Waals surface area contributed by atoms with Crippen molar-refractivity contribution in [3.8, 4) is 0 Å². The van der Waals surface area contributed by atoms with Crippen molar-refractivity contribution in [3.63, 3.8) is 0 Å². The van der Waals surface area contributed by atoms with E-state index in [2.05, 4.69) is 5.32 Å². The summed E-state index contributed by atoms with van der Waals surface area (Å²) in [5.74, 6) is -0.421. The zero-order valence-electron chi connectivity index (χ0n) is 16.8. The summed E-state index contributed by atoms with van der Waals surface area (Å²) in [4.78, 5) is 51.3. The van der Waals surface area contributed by atoms with Gasteiger partial charge < -0.3 is 5.32 Å². The van der Waals surface area contributed by atoms with Gasteiger partial charge in [0.05, 0.1) is 10.9 Å². The van der Waals surface area contributed by atoms with Crippen LogP contribution in [0.4, 0.5) is 0 Å². The van der Waals surface area contributed by atoms with E-state index in [9.17, 15) is 19.2 Å². The maximum Gasteiger partial charge on any atom is 0.332 e. The van der Waals surface area contributed by atoms with Gasteiger partial charge in [0.1, 0.15) is 5.65 Å². The molecule has 2 heterocycles. The van der Waals surface area contributed by atoms with E-state index in [0.29, 0.717) is 6.54 Å². The minimum absolute atomic E-state index is 0.0413. The summed E-state index contributed by atoms with van der Waals surface area (Å²) in [5.41, 5.74) is -1.18. The van der Waals surface area contributed by atoms with Gasteiger partial charge in [-0.3, -0.25) is 28.1 Å². The van der Waals surface area contributed by atoms with E-state index in [1.165, 1.54) is 22.2 Å². The molecule has 28 heavy (non-hydrogen) atoms. The van der Waals surface area contributed by atoms with Crippen LogP contribution in [0.25, 0.3) is 11.0 Å². The van der Waals surface area contributed by atoms with Crippen LogP contribution in [0.5, 0.6) is 0 Å². The van der Waals surface area contributed by atoms with Gasteiger partial charge in [-0.25, -0.2) is 4.79 Å². The molecule has 0 atom stereocenters. The molecule has 1 aliphatic carbocycles. The first-order valence-corrected chi connectivity index (χ1v) is 10.1. The van der Waals surface area contributed by atoms with E-state index in [4.69, 9.17) is 0 Å². The Morgan fingerprint density at radius 2 is 1.64 bits per heavy atom. The number of fused-ring (bicyclic) bond motifs is 1. The van der Waals surface area contributed by atoms with Crippen molar-refractivity contribution in [2.45, 2.75) is 71.5 Å². The molecule has 1 aliphatic rings. The molecule has 0 spiro atoms.